The molecule has 0 radical (unpaired) electrons. The Kier molecular flexibility index (Phi) is 6.92. The number of amides is 2. The molecule has 31 heavy (non-hydrogen) atoms. The molecule has 0 aromatic heterocycles. The monoisotopic (exact) mass is 473 g/mol. The molecule has 2 unspecified atom stereocenters. The minimum atomic E-state index is -3.82. The van der Waals surface area contributed by atoms with E-state index in [4.69, 9.17) is 0 Å². The van der Waals surface area contributed by atoms with E-state index in [2.05, 4.69) is 10.1 Å². The number of hydrogen-bond donors (Lipinski definition) is 1. The zero-order chi connectivity index (χ0) is 22.8. The number of anilines is 1. The highest BCUT2D eigenvalue weighted by Gasteiger charge is 2.38. The predicted octanol–water partition coefficient (Wildman–Crippen LogP) is 0.911. The minimum absolute atomic E-state index is 0.0457. The van der Waals surface area contributed by atoms with Crippen molar-refractivity contribution in [2.45, 2.75) is 30.2 Å². The minimum Gasteiger partial charge on any atom is -0.453 e. The highest BCUT2D eigenvalue weighted by molar-refractivity contribution is 7.91. The third-order valence-electron chi connectivity index (χ3n) is 5.76. The van der Waals surface area contributed by atoms with Crippen LogP contribution < -0.4 is 5.32 Å². The molecule has 1 N–H and O–H groups in total. The van der Waals surface area contributed by atoms with Crippen molar-refractivity contribution in [3.8, 4) is 0 Å². The topological polar surface area (TPSA) is 130 Å². The van der Waals surface area contributed by atoms with Crippen molar-refractivity contribution in [3.63, 3.8) is 0 Å². The van der Waals surface area contributed by atoms with E-state index in [1.54, 1.807) is 7.05 Å². The molecule has 0 spiro atoms. The number of piperidine rings is 1. The maximum Gasteiger partial charge on any atom is 0.411 e. The first-order chi connectivity index (χ1) is 14.5. The second-order valence-electron chi connectivity index (χ2n) is 7.85. The molecule has 0 bridgehead atoms. The van der Waals surface area contributed by atoms with Crippen LogP contribution in [0.5, 0.6) is 0 Å². The number of sulfonamides is 1. The van der Waals surface area contributed by atoms with Gasteiger partial charge in [-0.3, -0.25) is 10.1 Å². The van der Waals surface area contributed by atoms with Crippen LogP contribution in [-0.2, 0) is 29.4 Å². The Balaban J connectivity index is 1.69. The maximum absolute atomic E-state index is 13.1. The van der Waals surface area contributed by atoms with Crippen molar-refractivity contribution in [1.29, 1.82) is 0 Å². The fraction of sp³-hybridized carbons (Fsp3) is 0.579. The fourth-order valence-corrected chi connectivity index (χ4v) is 7.24. The number of benzene rings is 1. The summed E-state index contributed by atoms with van der Waals surface area (Å²) in [4.78, 5) is 25.7. The Morgan fingerprint density at radius 3 is 2.45 bits per heavy atom. The van der Waals surface area contributed by atoms with Crippen LogP contribution in [0, 0.1) is 5.92 Å². The van der Waals surface area contributed by atoms with Crippen LogP contribution in [0.25, 0.3) is 0 Å². The third-order valence-corrected chi connectivity index (χ3v) is 9.39. The van der Waals surface area contributed by atoms with E-state index < -0.39 is 31.9 Å². The molecule has 2 aliphatic rings. The smallest absolute Gasteiger partial charge is 0.411 e. The molecule has 2 fully saturated rings. The lowest BCUT2D eigenvalue weighted by Gasteiger charge is -2.34. The summed E-state index contributed by atoms with van der Waals surface area (Å²) in [5.41, 5.74) is 0.394. The highest BCUT2D eigenvalue weighted by atomic mass is 32.2. The SMILES string of the molecule is COC(=O)Nc1ccc(S(=O)(=O)N2CCCC(C(=O)N(C)C3CCS(=O)(=O)C3)C2)cc1. The number of nitrogens with zero attached hydrogens (tertiary/aromatic N) is 2. The average Bonchev–Trinajstić information content (AvgIpc) is 3.12. The number of ether oxygens (including phenoxy) is 1. The van der Waals surface area contributed by atoms with Gasteiger partial charge in [-0.05, 0) is 43.5 Å². The lowest BCUT2D eigenvalue weighted by Crippen LogP contribution is -2.48. The number of nitrogens with one attached hydrogen (secondary N) is 1. The first-order valence-corrected chi connectivity index (χ1v) is 13.2. The molecule has 2 heterocycles. The van der Waals surface area contributed by atoms with Gasteiger partial charge in [0.1, 0.15) is 0 Å². The second-order valence-corrected chi connectivity index (χ2v) is 12.0. The number of hydrogen-bond acceptors (Lipinski definition) is 7. The van der Waals surface area contributed by atoms with Gasteiger partial charge in [-0.15, -0.1) is 0 Å². The van der Waals surface area contributed by atoms with Gasteiger partial charge in [0.25, 0.3) is 0 Å². The largest absolute Gasteiger partial charge is 0.453 e. The Labute approximate surface area is 182 Å². The molecule has 2 aliphatic heterocycles. The second kappa shape index (κ2) is 9.13. The van der Waals surface area contributed by atoms with Crippen LogP contribution >= 0.6 is 0 Å². The fourth-order valence-electron chi connectivity index (χ4n) is 3.94. The van der Waals surface area contributed by atoms with Crippen LogP contribution in [0.15, 0.2) is 29.2 Å². The van der Waals surface area contributed by atoms with Crippen molar-refractivity contribution in [3.05, 3.63) is 24.3 Å². The highest BCUT2D eigenvalue weighted by Crippen LogP contribution is 2.27. The predicted molar refractivity (Wildman–Crippen MR) is 114 cm³/mol. The van der Waals surface area contributed by atoms with Crippen molar-refractivity contribution in [2.24, 2.45) is 5.92 Å². The number of methoxy groups -OCH3 is 1. The van der Waals surface area contributed by atoms with E-state index in [0.717, 1.165) is 0 Å². The molecule has 2 amide bonds. The number of sulfone groups is 1. The quantitative estimate of drug-likeness (QED) is 0.673. The Morgan fingerprint density at radius 2 is 1.87 bits per heavy atom. The van der Waals surface area contributed by atoms with Gasteiger partial charge in [0.05, 0.1) is 29.4 Å². The molecule has 0 aliphatic carbocycles. The van der Waals surface area contributed by atoms with Gasteiger partial charge in [-0.25, -0.2) is 21.6 Å². The summed E-state index contributed by atoms with van der Waals surface area (Å²) >= 11 is 0. The van der Waals surface area contributed by atoms with Gasteiger partial charge in [0.2, 0.25) is 15.9 Å². The number of carbonyl (C=O) groups is 2. The van der Waals surface area contributed by atoms with E-state index in [1.807, 2.05) is 0 Å². The molecule has 2 atom stereocenters. The summed E-state index contributed by atoms with van der Waals surface area (Å²) < 4.78 is 55.4. The number of rotatable bonds is 5. The first-order valence-electron chi connectivity index (χ1n) is 9.96. The lowest BCUT2D eigenvalue weighted by atomic mass is 9.97. The maximum atomic E-state index is 13.1. The van der Waals surface area contributed by atoms with E-state index >= 15 is 0 Å². The van der Waals surface area contributed by atoms with Crippen molar-refractivity contribution >= 4 is 37.5 Å². The van der Waals surface area contributed by atoms with Crippen molar-refractivity contribution < 1.29 is 31.2 Å². The molecule has 10 nitrogen and oxygen atoms in total. The molecular formula is C19H27N3O7S2. The van der Waals surface area contributed by atoms with Crippen LogP contribution in [0.2, 0.25) is 0 Å². The normalized spacial score (nSPS) is 23.8. The lowest BCUT2D eigenvalue weighted by molar-refractivity contribution is -0.137. The van der Waals surface area contributed by atoms with Crippen molar-refractivity contribution in [1.82, 2.24) is 9.21 Å². The standard InChI is InChI=1S/C19H27N3O7S2/c1-21(16-9-11-30(25,26)13-16)18(23)14-4-3-10-22(12-14)31(27,28)17-7-5-15(6-8-17)20-19(24)29-2/h5-8,14,16H,3-4,9-13H2,1-2H3,(H,20,24). The zero-order valence-corrected chi connectivity index (χ0v) is 19.1. The third kappa shape index (κ3) is 5.36. The summed E-state index contributed by atoms with van der Waals surface area (Å²) in [6.07, 6.45) is 0.836. The van der Waals surface area contributed by atoms with Crippen LogP contribution in [0.3, 0.4) is 0 Å². The van der Waals surface area contributed by atoms with Gasteiger partial charge in [0, 0.05) is 31.9 Å². The molecule has 172 valence electrons. The summed E-state index contributed by atoms with van der Waals surface area (Å²) in [5, 5.41) is 2.45. The molecule has 3 rings (SSSR count). The summed E-state index contributed by atoms with van der Waals surface area (Å²) in [6.45, 7) is 0.350. The molecule has 12 heteroatoms. The molecular weight excluding hydrogens is 446 g/mol. The molecule has 1 aromatic rings. The van der Waals surface area contributed by atoms with Gasteiger partial charge >= 0.3 is 6.09 Å². The van der Waals surface area contributed by atoms with Crippen LogP contribution in [0.1, 0.15) is 19.3 Å². The Bertz CT molecular complexity index is 1040. The van der Waals surface area contributed by atoms with E-state index in [1.165, 1.54) is 40.6 Å². The average molecular weight is 474 g/mol. The summed E-state index contributed by atoms with van der Waals surface area (Å²) in [7, 11) is -4.12. The van der Waals surface area contributed by atoms with E-state index in [0.29, 0.717) is 31.5 Å². The summed E-state index contributed by atoms with van der Waals surface area (Å²) in [5.74, 6) is -0.714. The Morgan fingerprint density at radius 1 is 1.19 bits per heavy atom. The summed E-state index contributed by atoms with van der Waals surface area (Å²) in [6, 6.07) is 5.35. The molecule has 2 saturated heterocycles. The van der Waals surface area contributed by atoms with E-state index in [9.17, 15) is 26.4 Å². The number of carbonyl (C=O) groups excluding carboxylic acids is 2. The first kappa shape index (κ1) is 23.5. The zero-order valence-electron chi connectivity index (χ0n) is 17.5. The van der Waals surface area contributed by atoms with Gasteiger partial charge in [-0.1, -0.05) is 0 Å². The van der Waals surface area contributed by atoms with Gasteiger partial charge < -0.3 is 9.64 Å². The van der Waals surface area contributed by atoms with E-state index in [-0.39, 0.29) is 34.9 Å². The van der Waals surface area contributed by atoms with Crippen molar-refractivity contribution in [2.75, 3.05) is 44.1 Å². The van der Waals surface area contributed by atoms with Gasteiger partial charge in [0.15, 0.2) is 9.84 Å². The molecule has 1 aromatic carbocycles. The van der Waals surface area contributed by atoms with Crippen LogP contribution in [-0.4, -0.2) is 82.8 Å². The van der Waals surface area contributed by atoms with Crippen LogP contribution in [0.4, 0.5) is 10.5 Å². The van der Waals surface area contributed by atoms with Gasteiger partial charge in [-0.2, -0.15) is 4.31 Å². The molecule has 0 saturated carbocycles. The Hall–Kier alpha value is -2.18.